The highest BCUT2D eigenvalue weighted by atomic mass is 32.2. The number of hydrogen-bond acceptors (Lipinski definition) is 4. The highest BCUT2D eigenvalue weighted by Crippen LogP contribution is 2.27. The molecule has 7 heteroatoms. The molecule has 1 aromatic heterocycles. The van der Waals surface area contributed by atoms with Crippen LogP contribution < -0.4 is 10.9 Å². The van der Waals surface area contributed by atoms with Crippen LogP contribution in [0.25, 0.3) is 5.69 Å². The van der Waals surface area contributed by atoms with Crippen LogP contribution in [-0.4, -0.2) is 18.0 Å². The predicted octanol–water partition coefficient (Wildman–Crippen LogP) is 0.981. The number of hydrogen-bond donors (Lipinski definition) is 2. The number of nitrogen functional groups attached to an aromatic ring is 1. The Bertz CT molecular complexity index is 765. The van der Waals surface area contributed by atoms with Crippen molar-refractivity contribution in [3.63, 3.8) is 0 Å². The summed E-state index contributed by atoms with van der Waals surface area (Å²) >= 11 is 0. The molecule has 0 saturated heterocycles. The number of imidazole rings is 1. The van der Waals surface area contributed by atoms with Crippen molar-refractivity contribution in [2.24, 2.45) is 5.14 Å². The van der Waals surface area contributed by atoms with Crippen LogP contribution in [-0.2, 0) is 22.9 Å². The molecule has 106 valence electrons. The van der Waals surface area contributed by atoms with E-state index in [1.54, 1.807) is 18.5 Å². The van der Waals surface area contributed by atoms with Gasteiger partial charge < -0.3 is 10.3 Å². The smallest absolute Gasteiger partial charge is 0.240 e. The first-order chi connectivity index (χ1) is 9.47. The lowest BCUT2D eigenvalue weighted by atomic mass is 10.0. The lowest BCUT2D eigenvalue weighted by Gasteiger charge is -2.16. The summed E-state index contributed by atoms with van der Waals surface area (Å²) in [4.78, 5) is 4.41. The molecule has 6 nitrogen and oxygen atoms in total. The van der Waals surface area contributed by atoms with E-state index in [4.69, 9.17) is 10.9 Å². The van der Waals surface area contributed by atoms with Crippen molar-refractivity contribution in [2.45, 2.75) is 30.6 Å². The van der Waals surface area contributed by atoms with Gasteiger partial charge in [-0.1, -0.05) is 0 Å². The molecule has 0 bridgehead atoms. The van der Waals surface area contributed by atoms with E-state index in [2.05, 4.69) is 4.98 Å². The van der Waals surface area contributed by atoms with E-state index in [-0.39, 0.29) is 4.90 Å². The molecule has 1 heterocycles. The van der Waals surface area contributed by atoms with Gasteiger partial charge in [-0.2, -0.15) is 0 Å². The highest BCUT2D eigenvalue weighted by molar-refractivity contribution is 7.89. The zero-order valence-electron chi connectivity index (χ0n) is 10.9. The standard InChI is InChI=1S/C13H16N4O2S/c14-9-5-6-12(13(7-9)20(15,18)19)17-8-16-10-3-1-2-4-11(10)17/h5-8H,1-4,14H2,(H2,15,18,19). The van der Waals surface area contributed by atoms with Gasteiger partial charge in [0.05, 0.1) is 17.7 Å². The van der Waals surface area contributed by atoms with Gasteiger partial charge in [0.25, 0.3) is 0 Å². The Balaban J connectivity index is 2.23. The van der Waals surface area contributed by atoms with Crippen LogP contribution in [0, 0.1) is 0 Å². The van der Waals surface area contributed by atoms with Crippen molar-refractivity contribution in [2.75, 3.05) is 5.73 Å². The molecule has 0 saturated carbocycles. The predicted molar refractivity (Wildman–Crippen MR) is 76.0 cm³/mol. The van der Waals surface area contributed by atoms with Crippen molar-refractivity contribution in [1.82, 2.24) is 9.55 Å². The van der Waals surface area contributed by atoms with Gasteiger partial charge in [-0.05, 0) is 43.9 Å². The number of aryl methyl sites for hydroxylation is 1. The summed E-state index contributed by atoms with van der Waals surface area (Å²) in [5.41, 5.74) is 8.65. The Kier molecular flexibility index (Phi) is 3.02. The summed E-state index contributed by atoms with van der Waals surface area (Å²) in [5.74, 6) is 0. The molecule has 0 atom stereocenters. The Morgan fingerprint density at radius 1 is 1.20 bits per heavy atom. The van der Waals surface area contributed by atoms with Gasteiger partial charge in [0, 0.05) is 11.4 Å². The molecule has 1 aromatic carbocycles. The van der Waals surface area contributed by atoms with Gasteiger partial charge in [-0.25, -0.2) is 18.5 Å². The fraction of sp³-hybridized carbons (Fsp3) is 0.308. The molecule has 0 radical (unpaired) electrons. The average Bonchev–Trinajstić information content (AvgIpc) is 2.81. The number of nitrogens with zero attached hydrogens (tertiary/aromatic N) is 2. The maximum atomic E-state index is 11.8. The normalized spacial score (nSPS) is 15.1. The van der Waals surface area contributed by atoms with Gasteiger partial charge in [0.2, 0.25) is 10.0 Å². The van der Waals surface area contributed by atoms with E-state index in [9.17, 15) is 8.42 Å². The van der Waals surface area contributed by atoms with Crippen molar-refractivity contribution in [3.8, 4) is 5.69 Å². The third-order valence-electron chi connectivity index (χ3n) is 3.58. The van der Waals surface area contributed by atoms with Crippen molar-refractivity contribution in [3.05, 3.63) is 35.9 Å². The fourth-order valence-electron chi connectivity index (χ4n) is 2.63. The van der Waals surface area contributed by atoms with Crippen LogP contribution in [0.4, 0.5) is 5.69 Å². The largest absolute Gasteiger partial charge is 0.399 e. The SMILES string of the molecule is Nc1ccc(-n2cnc3c2CCCC3)c(S(N)(=O)=O)c1. The first-order valence-corrected chi connectivity index (χ1v) is 7.99. The second-order valence-electron chi connectivity index (χ2n) is 4.99. The minimum absolute atomic E-state index is 0.0308. The van der Waals surface area contributed by atoms with E-state index in [1.165, 1.54) is 6.07 Å². The number of rotatable bonds is 2. The number of fused-ring (bicyclic) bond motifs is 1. The summed E-state index contributed by atoms with van der Waals surface area (Å²) < 4.78 is 25.3. The minimum atomic E-state index is -3.84. The van der Waals surface area contributed by atoms with Crippen LogP contribution in [0.15, 0.2) is 29.4 Å². The molecule has 1 aliphatic rings. The lowest BCUT2D eigenvalue weighted by Crippen LogP contribution is -2.17. The van der Waals surface area contributed by atoms with Crippen molar-refractivity contribution < 1.29 is 8.42 Å². The number of anilines is 1. The molecular formula is C13H16N4O2S. The second-order valence-corrected chi connectivity index (χ2v) is 6.52. The summed E-state index contributed by atoms with van der Waals surface area (Å²) in [6.07, 6.45) is 5.69. The number of primary sulfonamides is 1. The van der Waals surface area contributed by atoms with Crippen LogP contribution in [0.3, 0.4) is 0 Å². The maximum Gasteiger partial charge on any atom is 0.240 e. The zero-order chi connectivity index (χ0) is 14.3. The Labute approximate surface area is 117 Å². The third kappa shape index (κ3) is 2.19. The number of benzene rings is 1. The van der Waals surface area contributed by atoms with Gasteiger partial charge in [-0.15, -0.1) is 0 Å². The minimum Gasteiger partial charge on any atom is -0.399 e. The third-order valence-corrected chi connectivity index (χ3v) is 4.52. The zero-order valence-corrected chi connectivity index (χ0v) is 11.7. The van der Waals surface area contributed by atoms with Gasteiger partial charge in [0.1, 0.15) is 4.90 Å². The summed E-state index contributed by atoms with van der Waals surface area (Å²) in [6, 6.07) is 4.73. The molecular weight excluding hydrogens is 276 g/mol. The quantitative estimate of drug-likeness (QED) is 0.805. The van der Waals surface area contributed by atoms with Gasteiger partial charge in [-0.3, -0.25) is 0 Å². The number of nitrogens with two attached hydrogens (primary N) is 2. The Hall–Kier alpha value is -1.86. The van der Waals surface area contributed by atoms with Crippen molar-refractivity contribution >= 4 is 15.7 Å². The fourth-order valence-corrected chi connectivity index (χ4v) is 3.39. The van der Waals surface area contributed by atoms with E-state index in [0.717, 1.165) is 37.1 Å². The molecule has 0 fully saturated rings. The molecule has 0 spiro atoms. The monoisotopic (exact) mass is 292 g/mol. The van der Waals surface area contributed by atoms with Crippen LogP contribution in [0.1, 0.15) is 24.2 Å². The summed E-state index contributed by atoms with van der Waals surface area (Å²) in [7, 11) is -3.84. The molecule has 2 aromatic rings. The first-order valence-electron chi connectivity index (χ1n) is 6.44. The molecule has 20 heavy (non-hydrogen) atoms. The molecule has 3 rings (SSSR count). The van der Waals surface area contributed by atoms with E-state index < -0.39 is 10.0 Å². The molecule has 0 amide bonds. The van der Waals surface area contributed by atoms with Gasteiger partial charge >= 0.3 is 0 Å². The van der Waals surface area contributed by atoms with E-state index >= 15 is 0 Å². The summed E-state index contributed by atoms with van der Waals surface area (Å²) in [6.45, 7) is 0. The van der Waals surface area contributed by atoms with Gasteiger partial charge in [0.15, 0.2) is 0 Å². The van der Waals surface area contributed by atoms with Crippen molar-refractivity contribution in [1.29, 1.82) is 0 Å². The van der Waals surface area contributed by atoms with Crippen LogP contribution >= 0.6 is 0 Å². The number of sulfonamides is 1. The average molecular weight is 292 g/mol. The second kappa shape index (κ2) is 4.60. The Morgan fingerprint density at radius 3 is 2.70 bits per heavy atom. The number of aromatic nitrogens is 2. The van der Waals surface area contributed by atoms with E-state index in [1.807, 2.05) is 4.57 Å². The van der Waals surface area contributed by atoms with E-state index in [0.29, 0.717) is 11.4 Å². The van der Waals surface area contributed by atoms with Crippen LogP contribution in [0.2, 0.25) is 0 Å². The molecule has 0 aliphatic heterocycles. The molecule has 1 aliphatic carbocycles. The maximum absolute atomic E-state index is 11.8. The lowest BCUT2D eigenvalue weighted by molar-refractivity contribution is 0.596. The highest BCUT2D eigenvalue weighted by Gasteiger charge is 2.21. The van der Waals surface area contributed by atoms with Crippen LogP contribution in [0.5, 0.6) is 0 Å². The Morgan fingerprint density at radius 2 is 1.95 bits per heavy atom. The summed E-state index contributed by atoms with van der Waals surface area (Å²) in [5, 5.41) is 5.29. The first kappa shape index (κ1) is 13.1. The topological polar surface area (TPSA) is 104 Å². The molecule has 4 N–H and O–H groups in total. The molecule has 0 unspecified atom stereocenters.